The van der Waals surface area contributed by atoms with Crippen LogP contribution >= 0.6 is 23.2 Å². The van der Waals surface area contributed by atoms with Gasteiger partial charge in [-0.05, 0) is 0 Å². The Labute approximate surface area is 200 Å². The molecule has 1 aliphatic heterocycles. The zero-order chi connectivity index (χ0) is 22.0. The van der Waals surface area contributed by atoms with Crippen LogP contribution in [0.1, 0.15) is 27.0 Å². The molecule has 2 atom stereocenters. The van der Waals surface area contributed by atoms with Gasteiger partial charge >= 0.3 is 195 Å². The molecule has 4 rings (SSSR count). The molecule has 0 aliphatic carbocycles. The molecule has 3 aromatic rings. The molecule has 0 aromatic heterocycles. The van der Waals surface area contributed by atoms with Gasteiger partial charge in [-0.25, -0.2) is 0 Å². The number of benzene rings is 3. The van der Waals surface area contributed by atoms with E-state index in [1.807, 2.05) is 47.4 Å². The summed E-state index contributed by atoms with van der Waals surface area (Å²) in [4.78, 5) is 27.3. The summed E-state index contributed by atoms with van der Waals surface area (Å²) in [6.45, 7) is 1.12. The van der Waals surface area contributed by atoms with Gasteiger partial charge in [-0.15, -0.1) is 0 Å². The molecule has 0 radical (unpaired) electrons. The Hall–Kier alpha value is -2.26. The molecular weight excluding hydrogens is 494 g/mol. The molecule has 0 fully saturated rings. The second-order valence-corrected chi connectivity index (χ2v) is 10.1. The fraction of sp³-hybridized carbons (Fsp3) is 0.167. The Morgan fingerprint density at radius 1 is 0.968 bits per heavy atom. The van der Waals surface area contributed by atoms with E-state index in [1.165, 1.54) is 16.9 Å². The maximum atomic E-state index is 13.0. The van der Waals surface area contributed by atoms with Gasteiger partial charge in [0.1, 0.15) is 0 Å². The number of carbonyl (C=O) groups excluding carboxylic acids is 2. The number of anilines is 1. The van der Waals surface area contributed by atoms with Crippen LogP contribution in [0.25, 0.3) is 0 Å². The number of nitrogens with zero attached hydrogens (tertiary/aromatic N) is 1. The molecule has 7 heteroatoms. The van der Waals surface area contributed by atoms with Gasteiger partial charge in [-0.3, -0.25) is 0 Å². The van der Waals surface area contributed by atoms with Crippen molar-refractivity contribution in [3.05, 3.63) is 99.0 Å². The van der Waals surface area contributed by atoms with Crippen molar-refractivity contribution >= 4 is 57.6 Å². The van der Waals surface area contributed by atoms with E-state index in [0.717, 1.165) is 22.4 Å². The van der Waals surface area contributed by atoms with Crippen molar-refractivity contribution in [2.75, 3.05) is 5.32 Å². The molecule has 1 N–H and O–H groups in total. The summed E-state index contributed by atoms with van der Waals surface area (Å²) in [5, 5.41) is 4.11. The van der Waals surface area contributed by atoms with Gasteiger partial charge in [0.25, 0.3) is 0 Å². The second-order valence-electron chi connectivity index (χ2n) is 7.54. The number of halogens is 2. The zero-order valence-corrected chi connectivity index (χ0v) is 20.6. The molecule has 1 aliphatic rings. The van der Waals surface area contributed by atoms with Crippen molar-refractivity contribution in [1.82, 2.24) is 4.90 Å². The van der Waals surface area contributed by atoms with E-state index in [4.69, 9.17) is 23.2 Å². The molecule has 1 unspecified atom stereocenters. The van der Waals surface area contributed by atoms with Crippen LogP contribution in [0.3, 0.4) is 0 Å². The first-order valence-electron chi connectivity index (χ1n) is 9.87. The summed E-state index contributed by atoms with van der Waals surface area (Å²) in [6.07, 6.45) is 0.583. The van der Waals surface area contributed by atoms with Crippen LogP contribution in [0.2, 0.25) is 14.8 Å². The number of hydrogen-bond donors (Lipinski definition) is 1. The minimum atomic E-state index is -0.150. The van der Waals surface area contributed by atoms with Gasteiger partial charge in [-0.2, -0.15) is 0 Å². The Balaban J connectivity index is 1.41. The van der Waals surface area contributed by atoms with E-state index in [0.29, 0.717) is 35.1 Å². The topological polar surface area (TPSA) is 49.4 Å². The summed E-state index contributed by atoms with van der Waals surface area (Å²) in [5.41, 5.74) is 4.43. The van der Waals surface area contributed by atoms with Crippen LogP contribution < -0.4 is 5.32 Å². The number of hydrogen-bond acceptors (Lipinski definition) is 2. The number of nitrogens with one attached hydrogen (secondary N) is 1. The molecule has 0 saturated heterocycles. The van der Waals surface area contributed by atoms with E-state index < -0.39 is 0 Å². The first-order chi connectivity index (χ1) is 14.9. The monoisotopic (exact) mass is 514 g/mol. The molecular formula is C24H21AsCl2N2O2. The number of fused-ring (bicyclic) bond motifs is 1. The first-order valence-corrected chi connectivity index (χ1v) is 12.0. The van der Waals surface area contributed by atoms with E-state index in [-0.39, 0.29) is 16.5 Å². The predicted molar refractivity (Wildman–Crippen MR) is 128 cm³/mol. The van der Waals surface area contributed by atoms with Crippen LogP contribution in [0.15, 0.2) is 66.7 Å². The van der Waals surface area contributed by atoms with Crippen molar-refractivity contribution in [2.24, 2.45) is 0 Å². The summed E-state index contributed by atoms with van der Waals surface area (Å²) in [5.74, 6) is -0.0419. The van der Waals surface area contributed by atoms with Gasteiger partial charge < -0.3 is 0 Å². The molecule has 3 aromatic carbocycles. The third-order valence-corrected chi connectivity index (χ3v) is 6.99. The molecule has 0 saturated carbocycles. The van der Waals surface area contributed by atoms with Crippen molar-refractivity contribution in [3.8, 4) is 0 Å². The van der Waals surface area contributed by atoms with Crippen molar-refractivity contribution < 1.29 is 9.59 Å². The summed E-state index contributed by atoms with van der Waals surface area (Å²) >= 11 is 13.6. The normalized spacial score (nSPS) is 13.6. The number of rotatable bonds is 5. The molecule has 2 amide bonds. The molecule has 31 heavy (non-hydrogen) atoms. The summed E-state index contributed by atoms with van der Waals surface area (Å²) < 4.78 is -0.141. The van der Waals surface area contributed by atoms with Gasteiger partial charge in [-0.1, -0.05) is 6.07 Å². The van der Waals surface area contributed by atoms with Gasteiger partial charge in [0.05, 0.1) is 0 Å². The Morgan fingerprint density at radius 3 is 2.45 bits per heavy atom. The van der Waals surface area contributed by atoms with Crippen LogP contribution in [0.5, 0.6) is 0 Å². The fourth-order valence-corrected chi connectivity index (χ4v) is 5.13. The second kappa shape index (κ2) is 9.48. The molecule has 0 bridgehead atoms. The molecule has 0 spiro atoms. The summed E-state index contributed by atoms with van der Waals surface area (Å²) in [6, 6.07) is 20.3. The summed E-state index contributed by atoms with van der Waals surface area (Å²) in [7, 11) is 0. The third-order valence-electron chi connectivity index (χ3n) is 5.31. The van der Waals surface area contributed by atoms with Gasteiger partial charge in [0.2, 0.25) is 0 Å². The predicted octanol–water partition coefficient (Wildman–Crippen LogP) is 4.75. The van der Waals surface area contributed by atoms with Crippen molar-refractivity contribution in [2.45, 2.75) is 24.2 Å². The molecule has 4 nitrogen and oxygen atoms in total. The molecule has 158 valence electrons. The first kappa shape index (κ1) is 22.0. The van der Waals surface area contributed by atoms with E-state index in [1.54, 1.807) is 24.3 Å². The molecule has 1 heterocycles. The Kier molecular flexibility index (Phi) is 6.71. The average Bonchev–Trinajstić information content (AvgIpc) is 3.19. The minimum absolute atomic E-state index is 0.108. The van der Waals surface area contributed by atoms with Gasteiger partial charge in [0, 0.05) is 0 Å². The average molecular weight is 515 g/mol. The van der Waals surface area contributed by atoms with E-state index >= 15 is 0 Å². The standard InChI is InChI=1S/C24H21AsCl2N2O2/c25-21(11-16-6-8-19(26)12-22(16)27)24(31)29-13-17-7-9-20(10-18(17)14-29)28-23(30)15-4-2-1-3-5-15/h1-10,12,21H,11,13-14,25H2,(H,28,30)/t21-/m1/s1. The Bertz CT molecular complexity index is 1140. The quantitative estimate of drug-likeness (QED) is 0.499. The Morgan fingerprint density at radius 2 is 1.71 bits per heavy atom. The van der Waals surface area contributed by atoms with Crippen molar-refractivity contribution in [3.63, 3.8) is 0 Å². The van der Waals surface area contributed by atoms with E-state index in [2.05, 4.69) is 5.32 Å². The van der Waals surface area contributed by atoms with Crippen LogP contribution in [-0.2, 0) is 24.3 Å². The number of amides is 2. The van der Waals surface area contributed by atoms with Crippen LogP contribution in [0, 0.1) is 0 Å². The zero-order valence-electron chi connectivity index (χ0n) is 16.6. The van der Waals surface area contributed by atoms with Crippen LogP contribution in [0.4, 0.5) is 5.69 Å². The van der Waals surface area contributed by atoms with Crippen molar-refractivity contribution in [1.29, 1.82) is 0 Å². The van der Waals surface area contributed by atoms with E-state index in [9.17, 15) is 9.59 Å². The van der Waals surface area contributed by atoms with Gasteiger partial charge in [0.15, 0.2) is 0 Å². The van der Waals surface area contributed by atoms with Crippen LogP contribution in [-0.4, -0.2) is 33.6 Å². The third kappa shape index (κ3) is 5.15. The SMILES string of the molecule is O=C(Nc1ccc2c(c1)CN(C(=O)[C@H]([AsH2])Cc1ccc(Cl)cc1Cl)C2)c1ccccc1. The maximum absolute atomic E-state index is 13.0. The fourth-order valence-electron chi connectivity index (χ4n) is 3.67. The number of carbonyl (C=O) groups is 2.